The maximum absolute atomic E-state index is 9.32. The highest BCUT2D eigenvalue weighted by atomic mass is 16.5. The summed E-state index contributed by atoms with van der Waals surface area (Å²) in [5, 5.41) is 27.4. The van der Waals surface area contributed by atoms with Crippen LogP contribution in [0.5, 0.6) is 0 Å². The van der Waals surface area contributed by atoms with Gasteiger partial charge in [-0.25, -0.2) is 0 Å². The van der Waals surface area contributed by atoms with Crippen LogP contribution in [0.4, 0.5) is 0 Å². The number of rotatable bonds is 8. The zero-order chi connectivity index (χ0) is 11.8. The van der Waals surface area contributed by atoms with Gasteiger partial charge in [0.25, 0.3) is 0 Å². The minimum absolute atomic E-state index is 0.153. The highest BCUT2D eigenvalue weighted by Gasteiger charge is 2.20. The Morgan fingerprint density at radius 3 is 2.13 bits per heavy atom. The van der Waals surface area contributed by atoms with Gasteiger partial charge in [-0.1, -0.05) is 0 Å². The van der Waals surface area contributed by atoms with Crippen LogP contribution in [0.25, 0.3) is 0 Å². The van der Waals surface area contributed by atoms with Gasteiger partial charge >= 0.3 is 0 Å². The van der Waals surface area contributed by atoms with Gasteiger partial charge in [0.1, 0.15) is 0 Å². The third-order valence-corrected chi connectivity index (χ3v) is 2.11. The first-order valence-electron chi connectivity index (χ1n) is 5.12. The Morgan fingerprint density at radius 2 is 1.80 bits per heavy atom. The number of ether oxygens (including phenoxy) is 2. The van der Waals surface area contributed by atoms with Crippen LogP contribution in [0.1, 0.15) is 20.3 Å². The van der Waals surface area contributed by atoms with E-state index in [1.54, 1.807) is 13.8 Å². The smallest absolute Gasteiger partial charge is 0.0852 e. The van der Waals surface area contributed by atoms with Gasteiger partial charge in [0, 0.05) is 13.5 Å². The summed E-state index contributed by atoms with van der Waals surface area (Å²) < 4.78 is 10.3. The molecule has 0 fully saturated rings. The zero-order valence-electron chi connectivity index (χ0n) is 9.59. The van der Waals surface area contributed by atoms with Gasteiger partial charge in [0.05, 0.1) is 37.6 Å². The maximum atomic E-state index is 9.32. The van der Waals surface area contributed by atoms with E-state index < -0.39 is 18.3 Å². The molecule has 4 unspecified atom stereocenters. The van der Waals surface area contributed by atoms with Gasteiger partial charge in [-0.15, -0.1) is 0 Å². The SMILES string of the molecule is COC(CC(CO)OCC(C)O)C(C)O. The molecule has 92 valence electrons. The second-order valence-corrected chi connectivity index (χ2v) is 3.74. The Labute approximate surface area is 90.6 Å². The molecule has 15 heavy (non-hydrogen) atoms. The highest BCUT2D eigenvalue weighted by molar-refractivity contribution is 4.70. The van der Waals surface area contributed by atoms with E-state index in [1.165, 1.54) is 7.11 Å². The molecular formula is C10H22O5. The van der Waals surface area contributed by atoms with E-state index in [0.29, 0.717) is 6.42 Å². The van der Waals surface area contributed by atoms with Crippen LogP contribution in [0.2, 0.25) is 0 Å². The van der Waals surface area contributed by atoms with Crippen LogP contribution in [0.3, 0.4) is 0 Å². The van der Waals surface area contributed by atoms with Crippen molar-refractivity contribution in [3.05, 3.63) is 0 Å². The molecular weight excluding hydrogens is 200 g/mol. The molecule has 0 saturated heterocycles. The molecule has 4 atom stereocenters. The number of methoxy groups -OCH3 is 1. The summed E-state index contributed by atoms with van der Waals surface area (Å²) in [6.45, 7) is 3.24. The monoisotopic (exact) mass is 222 g/mol. The zero-order valence-corrected chi connectivity index (χ0v) is 9.59. The molecule has 0 aromatic carbocycles. The summed E-state index contributed by atoms with van der Waals surface area (Å²) in [5.74, 6) is 0. The van der Waals surface area contributed by atoms with Crippen LogP contribution in [-0.4, -0.2) is 60.1 Å². The van der Waals surface area contributed by atoms with Gasteiger partial charge in [0.2, 0.25) is 0 Å². The van der Waals surface area contributed by atoms with Crippen molar-refractivity contribution in [2.24, 2.45) is 0 Å². The first kappa shape index (κ1) is 14.8. The van der Waals surface area contributed by atoms with E-state index >= 15 is 0 Å². The summed E-state index contributed by atoms with van der Waals surface area (Å²) in [6.07, 6.45) is -1.56. The molecule has 0 aliphatic heterocycles. The molecule has 0 bridgehead atoms. The van der Waals surface area contributed by atoms with Crippen LogP contribution in [0.15, 0.2) is 0 Å². The molecule has 3 N–H and O–H groups in total. The van der Waals surface area contributed by atoms with Gasteiger partial charge in [-0.3, -0.25) is 0 Å². The number of hydrogen-bond acceptors (Lipinski definition) is 5. The largest absolute Gasteiger partial charge is 0.394 e. The van der Waals surface area contributed by atoms with E-state index in [9.17, 15) is 5.11 Å². The van der Waals surface area contributed by atoms with Gasteiger partial charge in [-0.05, 0) is 13.8 Å². The third kappa shape index (κ3) is 6.81. The Kier molecular flexibility index (Phi) is 7.90. The van der Waals surface area contributed by atoms with Gasteiger partial charge < -0.3 is 24.8 Å². The molecule has 0 saturated carbocycles. The molecule has 5 heteroatoms. The van der Waals surface area contributed by atoms with E-state index in [1.807, 2.05) is 0 Å². The van der Waals surface area contributed by atoms with E-state index in [4.69, 9.17) is 19.7 Å². The van der Waals surface area contributed by atoms with Crippen molar-refractivity contribution in [2.45, 2.75) is 44.7 Å². The van der Waals surface area contributed by atoms with Crippen LogP contribution in [-0.2, 0) is 9.47 Å². The number of aliphatic hydroxyl groups excluding tert-OH is 3. The first-order chi connectivity index (χ1) is 7.01. The lowest BCUT2D eigenvalue weighted by Gasteiger charge is -2.24. The second-order valence-electron chi connectivity index (χ2n) is 3.74. The summed E-state index contributed by atoms with van der Waals surface area (Å²) in [7, 11) is 1.50. The van der Waals surface area contributed by atoms with Crippen LogP contribution < -0.4 is 0 Å². The standard InChI is InChI=1S/C10H22O5/c1-7(12)6-15-9(5-11)4-10(14-3)8(2)13/h7-13H,4-6H2,1-3H3. The Bertz CT molecular complexity index is 149. The normalized spacial score (nSPS) is 19.6. The first-order valence-corrected chi connectivity index (χ1v) is 5.12. The summed E-state index contributed by atoms with van der Waals surface area (Å²) >= 11 is 0. The minimum atomic E-state index is -0.612. The molecule has 0 amide bonds. The summed E-state index contributed by atoms with van der Waals surface area (Å²) in [6, 6.07) is 0. The third-order valence-electron chi connectivity index (χ3n) is 2.11. The van der Waals surface area contributed by atoms with Crippen molar-refractivity contribution in [3.63, 3.8) is 0 Å². The van der Waals surface area contributed by atoms with Crippen molar-refractivity contribution in [2.75, 3.05) is 20.3 Å². The van der Waals surface area contributed by atoms with E-state index in [0.717, 1.165) is 0 Å². The van der Waals surface area contributed by atoms with E-state index in [2.05, 4.69) is 0 Å². The number of hydrogen-bond donors (Lipinski definition) is 3. The fraction of sp³-hybridized carbons (Fsp3) is 1.00. The maximum Gasteiger partial charge on any atom is 0.0852 e. The molecule has 0 rings (SSSR count). The van der Waals surface area contributed by atoms with Crippen molar-refractivity contribution in [3.8, 4) is 0 Å². The van der Waals surface area contributed by atoms with E-state index in [-0.39, 0.29) is 19.3 Å². The lowest BCUT2D eigenvalue weighted by molar-refractivity contribution is -0.0753. The Balaban J connectivity index is 3.95. The molecule has 0 radical (unpaired) electrons. The fourth-order valence-electron chi connectivity index (χ4n) is 1.22. The van der Waals surface area contributed by atoms with Gasteiger partial charge in [-0.2, -0.15) is 0 Å². The fourth-order valence-corrected chi connectivity index (χ4v) is 1.22. The second kappa shape index (κ2) is 8.01. The molecule has 0 aromatic rings. The molecule has 0 aliphatic rings. The summed E-state index contributed by atoms with van der Waals surface area (Å²) in [4.78, 5) is 0. The molecule has 5 nitrogen and oxygen atoms in total. The Morgan fingerprint density at radius 1 is 1.20 bits per heavy atom. The van der Waals surface area contributed by atoms with Crippen LogP contribution in [0, 0.1) is 0 Å². The molecule has 0 aliphatic carbocycles. The summed E-state index contributed by atoms with van der Waals surface area (Å²) in [5.41, 5.74) is 0. The lowest BCUT2D eigenvalue weighted by atomic mass is 10.1. The van der Waals surface area contributed by atoms with Crippen molar-refractivity contribution in [1.29, 1.82) is 0 Å². The van der Waals surface area contributed by atoms with Crippen molar-refractivity contribution < 1.29 is 24.8 Å². The highest BCUT2D eigenvalue weighted by Crippen LogP contribution is 2.09. The predicted octanol–water partition coefficient (Wildman–Crippen LogP) is -0.469. The average molecular weight is 222 g/mol. The lowest BCUT2D eigenvalue weighted by Crippen LogP contribution is -2.33. The quantitative estimate of drug-likeness (QED) is 0.517. The van der Waals surface area contributed by atoms with Crippen molar-refractivity contribution >= 4 is 0 Å². The predicted molar refractivity (Wildman–Crippen MR) is 55.6 cm³/mol. The van der Waals surface area contributed by atoms with Crippen LogP contribution >= 0.6 is 0 Å². The average Bonchev–Trinajstić information content (AvgIpc) is 2.17. The molecule has 0 aromatic heterocycles. The Hall–Kier alpha value is -0.200. The topological polar surface area (TPSA) is 79.2 Å². The minimum Gasteiger partial charge on any atom is -0.394 e. The van der Waals surface area contributed by atoms with Crippen molar-refractivity contribution in [1.82, 2.24) is 0 Å². The number of aliphatic hydroxyl groups is 3. The molecule has 0 heterocycles. The molecule has 0 spiro atoms. The van der Waals surface area contributed by atoms with Gasteiger partial charge in [0.15, 0.2) is 0 Å².